The summed E-state index contributed by atoms with van der Waals surface area (Å²) in [5.74, 6) is 3.07. The minimum absolute atomic E-state index is 0.956. The minimum Gasteiger partial charge on any atom is -0.385 e. The second-order valence-corrected chi connectivity index (χ2v) is 6.65. The first-order valence-electron chi connectivity index (χ1n) is 7.74. The number of fused-ring (bicyclic) bond motifs is 3. The molecular formula is C17H23N. The molecule has 0 spiro atoms. The van der Waals surface area contributed by atoms with E-state index in [1.165, 1.54) is 57.2 Å². The number of rotatable bonds is 3. The van der Waals surface area contributed by atoms with Gasteiger partial charge >= 0.3 is 0 Å². The third-order valence-corrected chi connectivity index (χ3v) is 5.55. The van der Waals surface area contributed by atoms with Crippen LogP contribution >= 0.6 is 0 Å². The molecule has 3 atom stereocenters. The van der Waals surface area contributed by atoms with Crippen LogP contribution in [0.4, 0.5) is 5.69 Å². The summed E-state index contributed by atoms with van der Waals surface area (Å²) in [6.07, 6.45) is 9.96. The summed E-state index contributed by atoms with van der Waals surface area (Å²) in [6.45, 7) is 1.21. The Bertz CT molecular complexity index is 451. The summed E-state index contributed by atoms with van der Waals surface area (Å²) in [6, 6.07) is 7.03. The zero-order valence-electron chi connectivity index (χ0n) is 11.1. The van der Waals surface area contributed by atoms with Gasteiger partial charge in [-0.2, -0.15) is 0 Å². The van der Waals surface area contributed by atoms with Crippen LogP contribution in [-0.4, -0.2) is 6.54 Å². The van der Waals surface area contributed by atoms with Gasteiger partial charge in [0.1, 0.15) is 0 Å². The van der Waals surface area contributed by atoms with E-state index >= 15 is 0 Å². The molecule has 96 valence electrons. The van der Waals surface area contributed by atoms with Crippen molar-refractivity contribution in [1.82, 2.24) is 0 Å². The van der Waals surface area contributed by atoms with Crippen molar-refractivity contribution in [3.05, 3.63) is 29.3 Å². The lowest BCUT2D eigenvalue weighted by Gasteiger charge is -2.22. The average molecular weight is 241 g/mol. The Labute approximate surface area is 110 Å². The largest absolute Gasteiger partial charge is 0.385 e. The second-order valence-electron chi connectivity index (χ2n) is 6.65. The van der Waals surface area contributed by atoms with Crippen molar-refractivity contribution in [3.8, 4) is 0 Å². The van der Waals surface area contributed by atoms with Crippen molar-refractivity contribution in [2.24, 2.45) is 17.8 Å². The van der Waals surface area contributed by atoms with Gasteiger partial charge in [-0.1, -0.05) is 12.5 Å². The van der Waals surface area contributed by atoms with Crippen LogP contribution in [-0.2, 0) is 12.8 Å². The zero-order valence-corrected chi connectivity index (χ0v) is 11.1. The monoisotopic (exact) mass is 241 g/mol. The summed E-state index contributed by atoms with van der Waals surface area (Å²) in [7, 11) is 0. The van der Waals surface area contributed by atoms with Gasteiger partial charge < -0.3 is 5.32 Å². The molecule has 1 aromatic rings. The van der Waals surface area contributed by atoms with Crippen LogP contribution in [0.1, 0.15) is 43.2 Å². The fourth-order valence-corrected chi connectivity index (χ4v) is 4.56. The van der Waals surface area contributed by atoms with Gasteiger partial charge in [-0.3, -0.25) is 0 Å². The lowest BCUT2D eigenvalue weighted by atomic mass is 9.89. The van der Waals surface area contributed by atoms with Crippen LogP contribution in [0.15, 0.2) is 18.2 Å². The molecule has 0 aliphatic heterocycles. The van der Waals surface area contributed by atoms with Gasteiger partial charge in [0.15, 0.2) is 0 Å². The van der Waals surface area contributed by atoms with E-state index in [9.17, 15) is 0 Å². The SMILES string of the molecule is c1cc2c(cc1NCC1CC3CCC1C3)CCC2. The van der Waals surface area contributed by atoms with Crippen molar-refractivity contribution >= 4 is 5.69 Å². The summed E-state index contributed by atoms with van der Waals surface area (Å²) in [4.78, 5) is 0. The Morgan fingerprint density at radius 3 is 2.83 bits per heavy atom. The number of aryl methyl sites for hydroxylation is 2. The van der Waals surface area contributed by atoms with Crippen molar-refractivity contribution in [1.29, 1.82) is 0 Å². The average Bonchev–Trinajstić information content (AvgIpc) is 3.11. The Morgan fingerprint density at radius 1 is 1.06 bits per heavy atom. The second kappa shape index (κ2) is 4.29. The Hall–Kier alpha value is -0.980. The van der Waals surface area contributed by atoms with E-state index < -0.39 is 0 Å². The molecule has 2 fully saturated rings. The maximum Gasteiger partial charge on any atom is 0.0343 e. The van der Waals surface area contributed by atoms with Crippen LogP contribution < -0.4 is 5.32 Å². The topological polar surface area (TPSA) is 12.0 Å². The van der Waals surface area contributed by atoms with E-state index in [0.29, 0.717) is 0 Å². The number of nitrogens with one attached hydrogen (secondary N) is 1. The predicted octanol–water partition coefficient (Wildman–Crippen LogP) is 4.02. The summed E-state index contributed by atoms with van der Waals surface area (Å²) < 4.78 is 0. The molecule has 2 bridgehead atoms. The smallest absolute Gasteiger partial charge is 0.0343 e. The summed E-state index contributed by atoms with van der Waals surface area (Å²) >= 11 is 0. The van der Waals surface area contributed by atoms with E-state index in [-0.39, 0.29) is 0 Å². The van der Waals surface area contributed by atoms with Crippen LogP contribution in [0.2, 0.25) is 0 Å². The van der Waals surface area contributed by atoms with E-state index in [1.54, 1.807) is 11.1 Å². The molecule has 0 heterocycles. The Kier molecular flexibility index (Phi) is 2.60. The molecule has 0 saturated heterocycles. The normalized spacial score (nSPS) is 32.8. The van der Waals surface area contributed by atoms with Gasteiger partial charge in [0.05, 0.1) is 0 Å². The molecule has 1 nitrogen and oxygen atoms in total. The maximum absolute atomic E-state index is 3.70. The molecule has 1 heteroatoms. The van der Waals surface area contributed by atoms with Crippen LogP contribution in [0.25, 0.3) is 0 Å². The van der Waals surface area contributed by atoms with Crippen LogP contribution in [0.3, 0.4) is 0 Å². The zero-order chi connectivity index (χ0) is 11.9. The van der Waals surface area contributed by atoms with Crippen molar-refractivity contribution < 1.29 is 0 Å². The van der Waals surface area contributed by atoms with E-state index in [2.05, 4.69) is 23.5 Å². The molecule has 1 aromatic carbocycles. The third kappa shape index (κ3) is 1.84. The highest BCUT2D eigenvalue weighted by molar-refractivity contribution is 5.50. The van der Waals surface area contributed by atoms with E-state index in [4.69, 9.17) is 0 Å². The van der Waals surface area contributed by atoms with Crippen molar-refractivity contribution in [2.75, 3.05) is 11.9 Å². The van der Waals surface area contributed by atoms with E-state index in [0.717, 1.165) is 17.8 Å². The van der Waals surface area contributed by atoms with Gasteiger partial charge in [-0.25, -0.2) is 0 Å². The molecule has 1 N–H and O–H groups in total. The van der Waals surface area contributed by atoms with Crippen LogP contribution in [0.5, 0.6) is 0 Å². The van der Waals surface area contributed by atoms with Gasteiger partial charge in [0, 0.05) is 12.2 Å². The molecule has 3 unspecified atom stereocenters. The van der Waals surface area contributed by atoms with Gasteiger partial charge in [-0.05, 0) is 79.5 Å². The first kappa shape index (κ1) is 10.9. The summed E-state index contributed by atoms with van der Waals surface area (Å²) in [5.41, 5.74) is 4.53. The fourth-order valence-electron chi connectivity index (χ4n) is 4.56. The lowest BCUT2D eigenvalue weighted by Crippen LogP contribution is -2.20. The molecule has 3 aliphatic carbocycles. The molecule has 0 radical (unpaired) electrons. The van der Waals surface area contributed by atoms with Gasteiger partial charge in [0.2, 0.25) is 0 Å². The molecule has 3 aliphatic rings. The highest BCUT2D eigenvalue weighted by atomic mass is 14.9. The predicted molar refractivity (Wildman–Crippen MR) is 75.9 cm³/mol. The van der Waals surface area contributed by atoms with Crippen LogP contribution in [0, 0.1) is 17.8 Å². The number of hydrogen-bond donors (Lipinski definition) is 1. The van der Waals surface area contributed by atoms with Gasteiger partial charge in [-0.15, -0.1) is 0 Å². The van der Waals surface area contributed by atoms with Crippen molar-refractivity contribution in [2.45, 2.75) is 44.9 Å². The molecule has 18 heavy (non-hydrogen) atoms. The molecule has 4 rings (SSSR count). The quantitative estimate of drug-likeness (QED) is 0.842. The number of hydrogen-bond acceptors (Lipinski definition) is 1. The standard InChI is InChI=1S/C17H23N/c1-2-13-6-7-17(10-14(13)3-1)18-11-16-9-12-4-5-15(16)8-12/h6-7,10,12,15-16,18H,1-5,8-9,11H2. The molecule has 2 saturated carbocycles. The molecule has 0 amide bonds. The lowest BCUT2D eigenvalue weighted by molar-refractivity contribution is 0.348. The van der Waals surface area contributed by atoms with Gasteiger partial charge in [0.25, 0.3) is 0 Å². The minimum atomic E-state index is 0.956. The maximum atomic E-state index is 3.70. The fraction of sp³-hybridized carbons (Fsp3) is 0.647. The summed E-state index contributed by atoms with van der Waals surface area (Å²) in [5, 5.41) is 3.70. The molecule has 0 aromatic heterocycles. The third-order valence-electron chi connectivity index (χ3n) is 5.55. The Morgan fingerprint density at radius 2 is 2.00 bits per heavy atom. The Balaban J connectivity index is 1.40. The highest BCUT2D eigenvalue weighted by Crippen LogP contribution is 2.48. The van der Waals surface area contributed by atoms with E-state index in [1.807, 2.05) is 0 Å². The highest BCUT2D eigenvalue weighted by Gasteiger charge is 2.38. The molecular weight excluding hydrogens is 218 g/mol. The van der Waals surface area contributed by atoms with Crippen molar-refractivity contribution in [3.63, 3.8) is 0 Å². The number of benzene rings is 1. The first-order valence-corrected chi connectivity index (χ1v) is 7.74. The number of anilines is 1. The first-order chi connectivity index (χ1) is 8.88.